The average Bonchev–Trinajstić information content (AvgIpc) is 2.29. The van der Waals surface area contributed by atoms with E-state index in [-0.39, 0.29) is 0 Å². The zero-order valence-electron chi connectivity index (χ0n) is 13.1. The molecule has 0 saturated carbocycles. The SMILES string of the molecule is CCCC(C)(CNC)CN1CCN(CC)C(C)C1. The van der Waals surface area contributed by atoms with Gasteiger partial charge < -0.3 is 5.32 Å². The van der Waals surface area contributed by atoms with Crippen molar-refractivity contribution in [3.8, 4) is 0 Å². The van der Waals surface area contributed by atoms with E-state index in [1.807, 2.05) is 0 Å². The maximum Gasteiger partial charge on any atom is 0.0195 e. The van der Waals surface area contributed by atoms with E-state index >= 15 is 0 Å². The van der Waals surface area contributed by atoms with Gasteiger partial charge in [0, 0.05) is 38.8 Å². The van der Waals surface area contributed by atoms with E-state index < -0.39 is 0 Å². The normalized spacial score (nSPS) is 26.2. The average molecular weight is 255 g/mol. The van der Waals surface area contributed by atoms with Crippen molar-refractivity contribution in [1.29, 1.82) is 0 Å². The molecule has 108 valence electrons. The van der Waals surface area contributed by atoms with Gasteiger partial charge in [0.05, 0.1) is 0 Å². The van der Waals surface area contributed by atoms with Crippen LogP contribution in [0.15, 0.2) is 0 Å². The fraction of sp³-hybridized carbons (Fsp3) is 1.00. The predicted molar refractivity (Wildman–Crippen MR) is 80.1 cm³/mol. The molecule has 0 aromatic rings. The number of nitrogens with one attached hydrogen (secondary N) is 1. The highest BCUT2D eigenvalue weighted by atomic mass is 15.3. The minimum absolute atomic E-state index is 0.428. The number of hydrogen-bond donors (Lipinski definition) is 1. The Labute approximate surface area is 114 Å². The van der Waals surface area contributed by atoms with Crippen molar-refractivity contribution in [3.63, 3.8) is 0 Å². The first-order valence-electron chi connectivity index (χ1n) is 7.65. The van der Waals surface area contributed by atoms with Crippen molar-refractivity contribution in [1.82, 2.24) is 15.1 Å². The first-order valence-corrected chi connectivity index (χ1v) is 7.65. The molecule has 0 aromatic carbocycles. The van der Waals surface area contributed by atoms with E-state index in [4.69, 9.17) is 0 Å². The molecule has 2 atom stereocenters. The summed E-state index contributed by atoms with van der Waals surface area (Å²) in [6, 6.07) is 0.712. The van der Waals surface area contributed by atoms with E-state index in [9.17, 15) is 0 Å². The molecule has 0 aromatic heterocycles. The van der Waals surface area contributed by atoms with Crippen LogP contribution in [-0.4, -0.2) is 62.2 Å². The summed E-state index contributed by atoms with van der Waals surface area (Å²) < 4.78 is 0. The Kier molecular flexibility index (Phi) is 6.61. The van der Waals surface area contributed by atoms with E-state index in [2.05, 4.69) is 49.9 Å². The van der Waals surface area contributed by atoms with Crippen molar-refractivity contribution in [2.75, 3.05) is 46.3 Å². The number of piperazine rings is 1. The smallest absolute Gasteiger partial charge is 0.0195 e. The van der Waals surface area contributed by atoms with Crippen molar-refractivity contribution in [2.45, 2.75) is 46.6 Å². The molecule has 3 heteroatoms. The van der Waals surface area contributed by atoms with Gasteiger partial charge in [0.25, 0.3) is 0 Å². The maximum atomic E-state index is 3.38. The number of nitrogens with zero attached hydrogens (tertiary/aromatic N) is 2. The van der Waals surface area contributed by atoms with Crippen LogP contribution in [0.1, 0.15) is 40.5 Å². The lowest BCUT2D eigenvalue weighted by Crippen LogP contribution is -2.54. The molecule has 0 radical (unpaired) electrons. The molecule has 1 fully saturated rings. The quantitative estimate of drug-likeness (QED) is 0.751. The summed E-state index contributed by atoms with van der Waals surface area (Å²) in [5.41, 5.74) is 0.428. The van der Waals surface area contributed by atoms with Crippen LogP contribution in [0.25, 0.3) is 0 Å². The van der Waals surface area contributed by atoms with E-state index in [1.54, 1.807) is 0 Å². The Morgan fingerprint density at radius 1 is 1.28 bits per heavy atom. The van der Waals surface area contributed by atoms with Gasteiger partial charge in [-0.3, -0.25) is 9.80 Å². The molecular weight excluding hydrogens is 222 g/mol. The van der Waals surface area contributed by atoms with E-state index in [0.29, 0.717) is 11.5 Å². The van der Waals surface area contributed by atoms with Gasteiger partial charge in [0.2, 0.25) is 0 Å². The van der Waals surface area contributed by atoms with Crippen LogP contribution in [0.4, 0.5) is 0 Å². The summed E-state index contributed by atoms with van der Waals surface area (Å²) in [5.74, 6) is 0. The van der Waals surface area contributed by atoms with Gasteiger partial charge in [-0.2, -0.15) is 0 Å². The molecular formula is C15H33N3. The summed E-state index contributed by atoms with van der Waals surface area (Å²) in [4.78, 5) is 5.26. The largest absolute Gasteiger partial charge is 0.319 e. The molecule has 1 aliphatic heterocycles. The Morgan fingerprint density at radius 2 is 2.00 bits per heavy atom. The van der Waals surface area contributed by atoms with Gasteiger partial charge >= 0.3 is 0 Å². The third-order valence-corrected chi connectivity index (χ3v) is 4.32. The van der Waals surface area contributed by atoms with Crippen molar-refractivity contribution >= 4 is 0 Å². The zero-order valence-corrected chi connectivity index (χ0v) is 13.1. The first-order chi connectivity index (χ1) is 8.54. The highest BCUT2D eigenvalue weighted by molar-refractivity contribution is 4.85. The molecule has 2 unspecified atom stereocenters. The highest BCUT2D eigenvalue weighted by Crippen LogP contribution is 2.25. The van der Waals surface area contributed by atoms with Crippen LogP contribution < -0.4 is 5.32 Å². The predicted octanol–water partition coefficient (Wildman–Crippen LogP) is 2.04. The van der Waals surface area contributed by atoms with Crippen LogP contribution in [0.3, 0.4) is 0 Å². The first kappa shape index (κ1) is 15.9. The van der Waals surface area contributed by atoms with E-state index in [1.165, 1.54) is 45.6 Å². The van der Waals surface area contributed by atoms with Crippen LogP contribution in [-0.2, 0) is 0 Å². The summed E-state index contributed by atoms with van der Waals surface area (Å²) in [5, 5.41) is 3.38. The summed E-state index contributed by atoms with van der Waals surface area (Å²) in [6.45, 7) is 16.6. The van der Waals surface area contributed by atoms with E-state index in [0.717, 1.165) is 6.54 Å². The van der Waals surface area contributed by atoms with Gasteiger partial charge in [0.15, 0.2) is 0 Å². The number of rotatable bonds is 7. The monoisotopic (exact) mass is 255 g/mol. The topological polar surface area (TPSA) is 18.5 Å². The number of hydrogen-bond acceptors (Lipinski definition) is 3. The van der Waals surface area contributed by atoms with Gasteiger partial charge in [-0.05, 0) is 32.4 Å². The van der Waals surface area contributed by atoms with Gasteiger partial charge in [-0.25, -0.2) is 0 Å². The Bertz CT molecular complexity index is 224. The lowest BCUT2D eigenvalue weighted by molar-refractivity contribution is 0.0555. The molecule has 1 saturated heterocycles. The van der Waals surface area contributed by atoms with Gasteiger partial charge in [-0.1, -0.05) is 27.2 Å². The second-order valence-electron chi connectivity index (χ2n) is 6.30. The van der Waals surface area contributed by atoms with Crippen molar-refractivity contribution < 1.29 is 0 Å². The Morgan fingerprint density at radius 3 is 2.50 bits per heavy atom. The standard InChI is InChI=1S/C15H33N3/c1-6-8-15(4,12-16-5)13-17-9-10-18(7-2)14(3)11-17/h14,16H,6-13H2,1-5H3. The number of likely N-dealkylation sites (N-methyl/N-ethyl adjacent to an activating group) is 1. The fourth-order valence-electron chi connectivity index (χ4n) is 3.48. The molecule has 0 bridgehead atoms. The lowest BCUT2D eigenvalue weighted by atomic mass is 9.84. The molecule has 0 amide bonds. The molecule has 18 heavy (non-hydrogen) atoms. The minimum Gasteiger partial charge on any atom is -0.319 e. The maximum absolute atomic E-state index is 3.38. The Hall–Kier alpha value is -0.120. The second kappa shape index (κ2) is 7.46. The zero-order chi connectivity index (χ0) is 13.6. The molecule has 1 heterocycles. The van der Waals surface area contributed by atoms with Gasteiger partial charge in [-0.15, -0.1) is 0 Å². The van der Waals surface area contributed by atoms with Gasteiger partial charge in [0.1, 0.15) is 0 Å². The Balaban J connectivity index is 2.50. The summed E-state index contributed by atoms with van der Waals surface area (Å²) in [7, 11) is 2.07. The fourth-order valence-corrected chi connectivity index (χ4v) is 3.48. The highest BCUT2D eigenvalue weighted by Gasteiger charge is 2.29. The molecule has 0 aliphatic carbocycles. The molecule has 3 nitrogen and oxygen atoms in total. The minimum atomic E-state index is 0.428. The van der Waals surface area contributed by atoms with Crippen LogP contribution in [0, 0.1) is 5.41 Å². The summed E-state index contributed by atoms with van der Waals surface area (Å²) >= 11 is 0. The van der Waals surface area contributed by atoms with Crippen molar-refractivity contribution in [2.24, 2.45) is 5.41 Å². The molecule has 1 rings (SSSR count). The molecule has 0 spiro atoms. The second-order valence-corrected chi connectivity index (χ2v) is 6.30. The third-order valence-electron chi connectivity index (χ3n) is 4.32. The third kappa shape index (κ3) is 4.52. The van der Waals surface area contributed by atoms with Crippen LogP contribution >= 0.6 is 0 Å². The van der Waals surface area contributed by atoms with Crippen LogP contribution in [0.5, 0.6) is 0 Å². The lowest BCUT2D eigenvalue weighted by Gasteiger charge is -2.43. The van der Waals surface area contributed by atoms with Crippen molar-refractivity contribution in [3.05, 3.63) is 0 Å². The molecule has 1 N–H and O–H groups in total. The summed E-state index contributed by atoms with van der Waals surface area (Å²) in [6.07, 6.45) is 2.60. The molecule has 1 aliphatic rings. The van der Waals surface area contributed by atoms with Crippen LogP contribution in [0.2, 0.25) is 0 Å².